The van der Waals surface area contributed by atoms with Crippen molar-refractivity contribution in [1.82, 2.24) is 0 Å². The Hall–Kier alpha value is -0.390. The Bertz CT molecular complexity index is 188. The second-order valence-electron chi connectivity index (χ2n) is 2.66. The van der Waals surface area contributed by atoms with Crippen LogP contribution in [0.1, 0.15) is 13.8 Å². The highest BCUT2D eigenvalue weighted by atomic mass is 32.2. The van der Waals surface area contributed by atoms with E-state index in [2.05, 4.69) is 4.40 Å². The van der Waals surface area contributed by atoms with Gasteiger partial charge in [-0.2, -0.15) is 17.6 Å². The normalized spacial score (nSPS) is 15.8. The lowest BCUT2D eigenvalue weighted by atomic mass is 10.3. The van der Waals surface area contributed by atoms with Gasteiger partial charge in [0.15, 0.2) is 0 Å². The van der Waals surface area contributed by atoms with Gasteiger partial charge in [0, 0.05) is 5.75 Å². The van der Waals surface area contributed by atoms with Gasteiger partial charge in [0.2, 0.25) is 0 Å². The molecule has 72 valence electrons. The molecular weight excluding hydrogens is 191 g/mol. The molecule has 0 heterocycles. The van der Waals surface area contributed by atoms with Crippen LogP contribution in [0.2, 0.25) is 0 Å². The average Bonchev–Trinajstić information content (AvgIpc) is 1.80. The number of hydrogen-bond acceptors (Lipinski definition) is 1. The molecular formula is C6H10F3NOS. The van der Waals surface area contributed by atoms with E-state index in [0.29, 0.717) is 0 Å². The molecule has 0 bridgehead atoms. The van der Waals surface area contributed by atoms with Crippen molar-refractivity contribution in [2.45, 2.75) is 20.0 Å². The quantitative estimate of drug-likeness (QED) is 0.641. The summed E-state index contributed by atoms with van der Waals surface area (Å²) in [6.45, 7) is 3.53. The topological polar surface area (TPSA) is 29.4 Å². The summed E-state index contributed by atoms with van der Waals surface area (Å²) in [4.78, 5) is 0. The van der Waals surface area contributed by atoms with E-state index in [0.717, 1.165) is 0 Å². The van der Waals surface area contributed by atoms with E-state index in [1.165, 1.54) is 0 Å². The monoisotopic (exact) mass is 201 g/mol. The van der Waals surface area contributed by atoms with Crippen LogP contribution >= 0.6 is 0 Å². The summed E-state index contributed by atoms with van der Waals surface area (Å²) in [5, 5.41) is 0. The summed E-state index contributed by atoms with van der Waals surface area (Å²) >= 11 is 0. The highest BCUT2D eigenvalue weighted by Gasteiger charge is 2.24. The van der Waals surface area contributed by atoms with Crippen LogP contribution in [0, 0.1) is 5.92 Å². The van der Waals surface area contributed by atoms with Crippen LogP contribution in [0.3, 0.4) is 0 Å². The van der Waals surface area contributed by atoms with Crippen LogP contribution in [0.25, 0.3) is 0 Å². The van der Waals surface area contributed by atoms with Crippen molar-refractivity contribution < 1.29 is 17.4 Å². The molecule has 0 spiro atoms. The summed E-state index contributed by atoms with van der Waals surface area (Å²) in [5.74, 6) is 0.239. The van der Waals surface area contributed by atoms with Crippen LogP contribution in [-0.2, 0) is 11.0 Å². The van der Waals surface area contributed by atoms with Gasteiger partial charge >= 0.3 is 6.18 Å². The number of nitrogens with zero attached hydrogens (tertiary/aromatic N) is 1. The fourth-order valence-corrected chi connectivity index (χ4v) is 1.34. The van der Waals surface area contributed by atoms with Crippen molar-refractivity contribution in [3.05, 3.63) is 0 Å². The maximum Gasteiger partial charge on any atom is 0.427 e. The number of hydrogen-bond donors (Lipinski definition) is 0. The van der Waals surface area contributed by atoms with Crippen LogP contribution in [0.4, 0.5) is 13.2 Å². The van der Waals surface area contributed by atoms with Gasteiger partial charge in [-0.3, -0.25) is 0 Å². The average molecular weight is 201 g/mol. The van der Waals surface area contributed by atoms with Gasteiger partial charge < -0.3 is 0 Å². The predicted molar refractivity (Wildman–Crippen MR) is 42.4 cm³/mol. The number of halogens is 3. The van der Waals surface area contributed by atoms with E-state index in [4.69, 9.17) is 0 Å². The van der Waals surface area contributed by atoms with Gasteiger partial charge in [-0.15, -0.1) is 0 Å². The Labute approximate surface area is 71.5 Å². The third-order valence-corrected chi connectivity index (χ3v) is 2.08. The Morgan fingerprint density at radius 2 is 2.00 bits per heavy atom. The molecule has 0 aliphatic rings. The number of rotatable bonds is 3. The highest BCUT2D eigenvalue weighted by molar-refractivity contribution is 7.83. The standard InChI is InChI=1S/C6H10F3NOS/c1-5(2)3-12(11)10-4-6(7,8)9/h4-5H,3H2,1-2H3/t12-/m1/s1. The molecule has 0 rings (SSSR count). The van der Waals surface area contributed by atoms with Gasteiger partial charge in [0.05, 0.1) is 0 Å². The minimum Gasteiger partial charge on any atom is -0.235 e. The molecule has 0 N–H and O–H groups in total. The Kier molecular flexibility index (Phi) is 4.44. The van der Waals surface area contributed by atoms with E-state index < -0.39 is 17.2 Å². The zero-order valence-corrected chi connectivity index (χ0v) is 7.58. The maximum atomic E-state index is 11.5. The van der Waals surface area contributed by atoms with E-state index in [9.17, 15) is 17.4 Å². The van der Waals surface area contributed by atoms with Crippen LogP contribution in [-0.4, -0.2) is 22.4 Å². The minimum atomic E-state index is -4.47. The van der Waals surface area contributed by atoms with Crippen molar-refractivity contribution in [3.63, 3.8) is 0 Å². The molecule has 0 amide bonds. The summed E-state index contributed by atoms with van der Waals surface area (Å²) in [6, 6.07) is 0. The largest absolute Gasteiger partial charge is 0.427 e. The molecule has 0 unspecified atom stereocenters. The maximum absolute atomic E-state index is 11.5. The first-order chi connectivity index (χ1) is 5.31. The summed E-state index contributed by atoms with van der Waals surface area (Å²) < 4.78 is 48.0. The summed E-state index contributed by atoms with van der Waals surface area (Å²) in [5.41, 5.74) is 0. The summed E-state index contributed by atoms with van der Waals surface area (Å²) in [6.07, 6.45) is -4.70. The number of alkyl halides is 3. The molecule has 2 nitrogen and oxygen atoms in total. The van der Waals surface area contributed by atoms with Crippen LogP contribution in [0.5, 0.6) is 0 Å². The molecule has 12 heavy (non-hydrogen) atoms. The molecule has 0 saturated carbocycles. The third-order valence-electron chi connectivity index (χ3n) is 0.793. The Morgan fingerprint density at radius 1 is 1.50 bits per heavy atom. The van der Waals surface area contributed by atoms with Gasteiger partial charge in [0.25, 0.3) is 0 Å². The molecule has 0 aromatic heterocycles. The van der Waals surface area contributed by atoms with Gasteiger partial charge in [0.1, 0.15) is 17.2 Å². The molecule has 1 atom stereocenters. The first kappa shape index (κ1) is 11.6. The molecule has 0 saturated heterocycles. The lowest BCUT2D eigenvalue weighted by Gasteiger charge is -2.00. The fraction of sp³-hybridized carbons (Fsp3) is 0.833. The minimum absolute atomic E-state index is 0.0798. The second-order valence-corrected chi connectivity index (χ2v) is 3.85. The molecule has 0 aromatic carbocycles. The fourth-order valence-electron chi connectivity index (χ4n) is 0.447. The van der Waals surface area contributed by atoms with Crippen molar-refractivity contribution in [3.8, 4) is 0 Å². The zero-order chi connectivity index (χ0) is 9.78. The SMILES string of the molecule is CC(C)C[S@@](=O)N=CC(F)(F)F. The molecule has 0 aromatic rings. The lowest BCUT2D eigenvalue weighted by Crippen LogP contribution is -2.10. The molecule has 0 aliphatic heterocycles. The highest BCUT2D eigenvalue weighted by Crippen LogP contribution is 2.11. The third kappa shape index (κ3) is 7.71. The van der Waals surface area contributed by atoms with Crippen molar-refractivity contribution in [2.75, 3.05) is 5.75 Å². The molecule has 0 aliphatic carbocycles. The zero-order valence-electron chi connectivity index (χ0n) is 6.76. The first-order valence-electron chi connectivity index (χ1n) is 3.31. The lowest BCUT2D eigenvalue weighted by molar-refractivity contribution is -0.0533. The van der Waals surface area contributed by atoms with Crippen molar-refractivity contribution in [2.24, 2.45) is 10.3 Å². The Balaban J connectivity index is 3.93. The van der Waals surface area contributed by atoms with E-state index in [-0.39, 0.29) is 17.9 Å². The van der Waals surface area contributed by atoms with Crippen LogP contribution < -0.4 is 0 Å². The van der Waals surface area contributed by atoms with Gasteiger partial charge in [-0.1, -0.05) is 13.8 Å². The van der Waals surface area contributed by atoms with Crippen LogP contribution in [0.15, 0.2) is 4.40 Å². The Morgan fingerprint density at radius 3 is 2.33 bits per heavy atom. The van der Waals surface area contributed by atoms with Crippen molar-refractivity contribution in [1.29, 1.82) is 0 Å². The van der Waals surface area contributed by atoms with Gasteiger partial charge in [-0.05, 0) is 5.92 Å². The predicted octanol–water partition coefficient (Wildman–Crippen LogP) is 1.94. The van der Waals surface area contributed by atoms with E-state index >= 15 is 0 Å². The van der Waals surface area contributed by atoms with Crippen molar-refractivity contribution >= 4 is 17.2 Å². The van der Waals surface area contributed by atoms with E-state index in [1.54, 1.807) is 13.8 Å². The molecule has 6 heteroatoms. The molecule has 0 fully saturated rings. The van der Waals surface area contributed by atoms with E-state index in [1.807, 2.05) is 0 Å². The first-order valence-corrected chi connectivity index (χ1v) is 4.59. The smallest absolute Gasteiger partial charge is 0.235 e. The summed E-state index contributed by atoms with van der Waals surface area (Å²) in [7, 11) is -1.75. The second kappa shape index (κ2) is 4.59. The molecule has 0 radical (unpaired) electrons. The van der Waals surface area contributed by atoms with Gasteiger partial charge in [-0.25, -0.2) is 4.21 Å².